The first-order chi connectivity index (χ1) is 5.37. The molecule has 0 aromatic heterocycles. The first-order valence-corrected chi connectivity index (χ1v) is 4.61. The predicted octanol–water partition coefficient (Wildman–Crippen LogP) is 1.41. The van der Waals surface area contributed by atoms with Crippen LogP contribution in [0.5, 0.6) is 0 Å². The van der Waals surface area contributed by atoms with E-state index in [0.717, 1.165) is 6.61 Å². The molecular weight excluding hydrogens is 157 g/mol. The zero-order valence-corrected chi connectivity index (χ0v) is 7.71. The van der Waals surface area contributed by atoms with Gasteiger partial charge in [-0.1, -0.05) is 0 Å². The Balaban J connectivity index is 0.000000720. The largest absolute Gasteiger partial charge is 0.383 e. The quantitative estimate of drug-likeness (QED) is 0.629. The number of rotatable bonds is 2. The molecule has 0 atom stereocenters. The van der Waals surface area contributed by atoms with Crippen molar-refractivity contribution >= 4 is 0 Å². The number of nitrogens with zero attached hydrogens (tertiary/aromatic N) is 1. The van der Waals surface area contributed by atoms with Crippen molar-refractivity contribution in [2.45, 2.75) is 31.2 Å². The van der Waals surface area contributed by atoms with E-state index in [4.69, 9.17) is 4.74 Å². The van der Waals surface area contributed by atoms with Gasteiger partial charge in [-0.15, -0.1) is 0 Å². The van der Waals surface area contributed by atoms with Crippen molar-refractivity contribution in [3.63, 3.8) is 0 Å². The van der Waals surface area contributed by atoms with E-state index < -0.39 is 0 Å². The van der Waals surface area contributed by atoms with Gasteiger partial charge >= 0.3 is 0 Å². The number of hydrogen-bond donors (Lipinski definition) is 0. The summed E-state index contributed by atoms with van der Waals surface area (Å²) in [5.74, 6) is 0. The highest BCUT2D eigenvalue weighted by atomic mass is 19.0. The maximum atomic E-state index is 5.29. The SMILES string of the molecule is COCC12CCCN1CCC2.F. The van der Waals surface area contributed by atoms with E-state index in [1.807, 2.05) is 7.11 Å². The lowest BCUT2D eigenvalue weighted by Crippen LogP contribution is -2.42. The van der Waals surface area contributed by atoms with Crippen LogP contribution < -0.4 is 0 Å². The van der Waals surface area contributed by atoms with Crippen molar-refractivity contribution in [1.29, 1.82) is 0 Å². The van der Waals surface area contributed by atoms with Crippen LogP contribution in [0.15, 0.2) is 0 Å². The van der Waals surface area contributed by atoms with Gasteiger partial charge in [0.1, 0.15) is 0 Å². The van der Waals surface area contributed by atoms with Crippen LogP contribution >= 0.6 is 0 Å². The zero-order valence-electron chi connectivity index (χ0n) is 7.71. The lowest BCUT2D eigenvalue weighted by Gasteiger charge is -2.30. The molecule has 2 nitrogen and oxygen atoms in total. The minimum Gasteiger partial charge on any atom is -0.383 e. The molecule has 2 aliphatic rings. The van der Waals surface area contributed by atoms with Crippen molar-refractivity contribution in [3.8, 4) is 0 Å². The van der Waals surface area contributed by atoms with Gasteiger partial charge in [-0.25, -0.2) is 0 Å². The van der Waals surface area contributed by atoms with Crippen LogP contribution in [0.25, 0.3) is 0 Å². The highest BCUT2D eigenvalue weighted by Gasteiger charge is 2.43. The maximum absolute atomic E-state index is 5.29. The summed E-state index contributed by atoms with van der Waals surface area (Å²) < 4.78 is 5.29. The Hall–Kier alpha value is -0.150. The van der Waals surface area contributed by atoms with Crippen LogP contribution in [0.4, 0.5) is 4.70 Å². The summed E-state index contributed by atoms with van der Waals surface area (Å²) >= 11 is 0. The molecule has 0 N–H and O–H groups in total. The Labute approximate surface area is 73.2 Å². The second-order valence-corrected chi connectivity index (χ2v) is 3.85. The number of fused-ring (bicyclic) bond motifs is 1. The number of hydrogen-bond acceptors (Lipinski definition) is 2. The summed E-state index contributed by atoms with van der Waals surface area (Å²) in [4.78, 5) is 2.62. The predicted molar refractivity (Wildman–Crippen MR) is 47.2 cm³/mol. The molecule has 0 amide bonds. The van der Waals surface area contributed by atoms with Crippen LogP contribution in [0.1, 0.15) is 25.7 Å². The molecule has 0 aromatic rings. The molecule has 3 heteroatoms. The van der Waals surface area contributed by atoms with Gasteiger partial charge < -0.3 is 4.74 Å². The molecule has 2 heterocycles. The van der Waals surface area contributed by atoms with Crippen molar-refractivity contribution in [3.05, 3.63) is 0 Å². The Morgan fingerprint density at radius 3 is 2.33 bits per heavy atom. The standard InChI is InChI=1S/C9H17NO.FH/c1-11-8-9-4-2-6-10(9)7-3-5-9;/h2-8H2,1H3;1H. The van der Waals surface area contributed by atoms with E-state index in [0.29, 0.717) is 5.54 Å². The molecule has 2 saturated heterocycles. The third-order valence-electron chi connectivity index (χ3n) is 3.22. The molecule has 2 fully saturated rings. The zero-order chi connectivity index (χ0) is 7.73. The van der Waals surface area contributed by atoms with E-state index in [2.05, 4.69) is 4.90 Å². The lowest BCUT2D eigenvalue weighted by atomic mass is 9.95. The van der Waals surface area contributed by atoms with Gasteiger partial charge in [0.25, 0.3) is 0 Å². The molecular formula is C9H18FNO. The molecule has 0 aromatic carbocycles. The monoisotopic (exact) mass is 175 g/mol. The molecule has 2 aliphatic heterocycles. The van der Waals surface area contributed by atoms with Crippen molar-refractivity contribution in [1.82, 2.24) is 4.90 Å². The minimum absolute atomic E-state index is 0. The summed E-state index contributed by atoms with van der Waals surface area (Å²) in [6.45, 7) is 3.57. The average molecular weight is 175 g/mol. The molecule has 2 rings (SSSR count). The van der Waals surface area contributed by atoms with Gasteiger partial charge in [-0.3, -0.25) is 9.60 Å². The Kier molecular flexibility index (Phi) is 3.07. The molecule has 0 aliphatic carbocycles. The number of ether oxygens (including phenoxy) is 1. The summed E-state index contributed by atoms with van der Waals surface area (Å²) in [6, 6.07) is 0. The molecule has 0 spiro atoms. The van der Waals surface area contributed by atoms with Gasteiger partial charge in [-0.05, 0) is 38.8 Å². The van der Waals surface area contributed by atoms with E-state index in [9.17, 15) is 0 Å². The molecule has 0 radical (unpaired) electrons. The summed E-state index contributed by atoms with van der Waals surface area (Å²) in [5, 5.41) is 0. The summed E-state index contributed by atoms with van der Waals surface area (Å²) in [6.07, 6.45) is 5.48. The fourth-order valence-corrected chi connectivity index (χ4v) is 2.73. The Morgan fingerprint density at radius 2 is 1.83 bits per heavy atom. The second-order valence-electron chi connectivity index (χ2n) is 3.85. The van der Waals surface area contributed by atoms with Gasteiger partial charge in [0.05, 0.1) is 6.61 Å². The first-order valence-electron chi connectivity index (χ1n) is 4.61. The summed E-state index contributed by atoms with van der Waals surface area (Å²) in [5.41, 5.74) is 0.467. The third-order valence-corrected chi connectivity index (χ3v) is 3.22. The number of methoxy groups -OCH3 is 1. The van der Waals surface area contributed by atoms with Crippen molar-refractivity contribution < 1.29 is 9.44 Å². The van der Waals surface area contributed by atoms with Gasteiger partial charge in [0, 0.05) is 12.6 Å². The second kappa shape index (κ2) is 3.71. The van der Waals surface area contributed by atoms with Crippen molar-refractivity contribution in [2.75, 3.05) is 26.8 Å². The molecule has 0 unspecified atom stereocenters. The lowest BCUT2D eigenvalue weighted by molar-refractivity contribution is 0.0655. The molecule has 12 heavy (non-hydrogen) atoms. The van der Waals surface area contributed by atoms with Crippen LogP contribution in [0.3, 0.4) is 0 Å². The molecule has 72 valence electrons. The van der Waals surface area contributed by atoms with E-state index in [1.165, 1.54) is 38.8 Å². The fourth-order valence-electron chi connectivity index (χ4n) is 2.73. The average Bonchev–Trinajstić information content (AvgIpc) is 2.45. The highest BCUT2D eigenvalue weighted by molar-refractivity contribution is 4.99. The Bertz CT molecular complexity index is 141. The molecule has 0 bridgehead atoms. The van der Waals surface area contributed by atoms with Crippen LogP contribution in [-0.2, 0) is 4.74 Å². The third kappa shape index (κ3) is 1.36. The Morgan fingerprint density at radius 1 is 1.25 bits per heavy atom. The smallest absolute Gasteiger partial charge is 0.0646 e. The normalized spacial score (nSPS) is 26.8. The maximum Gasteiger partial charge on any atom is 0.0646 e. The highest BCUT2D eigenvalue weighted by Crippen LogP contribution is 2.38. The van der Waals surface area contributed by atoms with Gasteiger partial charge in [0.15, 0.2) is 0 Å². The minimum atomic E-state index is 0. The van der Waals surface area contributed by atoms with E-state index in [-0.39, 0.29) is 4.70 Å². The fraction of sp³-hybridized carbons (Fsp3) is 1.00. The number of halogens is 1. The van der Waals surface area contributed by atoms with Crippen LogP contribution in [0.2, 0.25) is 0 Å². The van der Waals surface area contributed by atoms with Gasteiger partial charge in [0.2, 0.25) is 0 Å². The first kappa shape index (κ1) is 9.93. The van der Waals surface area contributed by atoms with Gasteiger partial charge in [-0.2, -0.15) is 0 Å². The van der Waals surface area contributed by atoms with E-state index in [1.54, 1.807) is 0 Å². The summed E-state index contributed by atoms with van der Waals surface area (Å²) in [7, 11) is 1.82. The van der Waals surface area contributed by atoms with Crippen molar-refractivity contribution in [2.24, 2.45) is 0 Å². The van der Waals surface area contributed by atoms with E-state index >= 15 is 0 Å². The van der Waals surface area contributed by atoms with Crippen LogP contribution in [0, 0.1) is 0 Å². The topological polar surface area (TPSA) is 12.5 Å². The van der Waals surface area contributed by atoms with Crippen LogP contribution in [-0.4, -0.2) is 37.2 Å². The molecule has 0 saturated carbocycles.